The average molecular weight is 366 g/mol. The van der Waals surface area contributed by atoms with E-state index in [0.29, 0.717) is 28.9 Å². The number of amides is 2. The van der Waals surface area contributed by atoms with E-state index in [1.54, 1.807) is 18.2 Å². The number of carbonyl (C=O) groups is 1. The fraction of sp³-hybridized carbons (Fsp3) is 0.235. The molecular weight excluding hydrogens is 349 g/mol. The molecule has 0 atom stereocenters. The average Bonchev–Trinajstić information content (AvgIpc) is 2.60. The third-order valence-corrected chi connectivity index (χ3v) is 4.34. The van der Waals surface area contributed by atoms with E-state index >= 15 is 0 Å². The molecule has 0 saturated carbocycles. The maximum absolute atomic E-state index is 12.3. The molecule has 0 bridgehead atoms. The van der Waals surface area contributed by atoms with Gasteiger partial charge in [0, 0.05) is 13.1 Å². The van der Waals surface area contributed by atoms with Crippen LogP contribution >= 0.6 is 23.2 Å². The van der Waals surface area contributed by atoms with Crippen LogP contribution in [0.15, 0.2) is 42.5 Å². The van der Waals surface area contributed by atoms with Crippen molar-refractivity contribution < 1.29 is 9.53 Å². The van der Waals surface area contributed by atoms with Gasteiger partial charge in [0.25, 0.3) is 0 Å². The molecule has 1 saturated heterocycles. The molecule has 1 aliphatic rings. The molecule has 0 aliphatic carbocycles. The Hall–Kier alpha value is -1.95. The first-order chi connectivity index (χ1) is 11.6. The first-order valence-electron chi connectivity index (χ1n) is 7.59. The molecule has 3 rings (SSSR count). The maximum Gasteiger partial charge on any atom is 0.323 e. The zero-order valence-electron chi connectivity index (χ0n) is 12.9. The lowest BCUT2D eigenvalue weighted by atomic mass is 10.2. The van der Waals surface area contributed by atoms with Gasteiger partial charge in [-0.25, -0.2) is 4.79 Å². The number of urea groups is 1. The Morgan fingerprint density at radius 3 is 2.33 bits per heavy atom. The first kappa shape index (κ1) is 16.9. The lowest BCUT2D eigenvalue weighted by molar-refractivity contribution is 0.123. The number of morpholine rings is 1. The Morgan fingerprint density at radius 2 is 1.62 bits per heavy atom. The second kappa shape index (κ2) is 7.75. The molecule has 2 N–H and O–H groups in total. The van der Waals surface area contributed by atoms with Gasteiger partial charge >= 0.3 is 6.03 Å². The highest BCUT2D eigenvalue weighted by atomic mass is 35.5. The molecule has 1 heterocycles. The molecule has 0 unspecified atom stereocenters. The largest absolute Gasteiger partial charge is 0.378 e. The lowest BCUT2D eigenvalue weighted by Gasteiger charge is -2.30. The van der Waals surface area contributed by atoms with Crippen LogP contribution in [0, 0.1) is 0 Å². The van der Waals surface area contributed by atoms with Crippen LogP contribution in [0.25, 0.3) is 0 Å². The van der Waals surface area contributed by atoms with Gasteiger partial charge in [0.05, 0.1) is 40.3 Å². The van der Waals surface area contributed by atoms with Gasteiger partial charge in [0.2, 0.25) is 0 Å². The number of rotatable bonds is 3. The summed E-state index contributed by atoms with van der Waals surface area (Å²) in [6.45, 7) is 2.93. The highest BCUT2D eigenvalue weighted by Crippen LogP contribution is 2.31. The molecule has 0 spiro atoms. The fourth-order valence-corrected chi connectivity index (χ4v) is 3.04. The van der Waals surface area contributed by atoms with Crippen molar-refractivity contribution in [3.8, 4) is 0 Å². The topological polar surface area (TPSA) is 53.6 Å². The summed E-state index contributed by atoms with van der Waals surface area (Å²) in [4.78, 5) is 14.5. The van der Waals surface area contributed by atoms with Gasteiger partial charge < -0.3 is 20.3 Å². The maximum atomic E-state index is 12.3. The van der Waals surface area contributed by atoms with Crippen molar-refractivity contribution >= 4 is 46.3 Å². The molecule has 2 amide bonds. The fourth-order valence-electron chi connectivity index (χ4n) is 2.54. The van der Waals surface area contributed by atoms with Gasteiger partial charge in [-0.2, -0.15) is 0 Å². The molecule has 1 fully saturated rings. The third-order valence-electron chi connectivity index (χ3n) is 3.71. The van der Waals surface area contributed by atoms with Crippen molar-refractivity contribution in [3.05, 3.63) is 52.5 Å². The molecule has 5 nitrogen and oxygen atoms in total. The van der Waals surface area contributed by atoms with Crippen LogP contribution in [0.4, 0.5) is 21.9 Å². The number of nitrogens with zero attached hydrogens (tertiary/aromatic N) is 1. The van der Waals surface area contributed by atoms with Crippen molar-refractivity contribution in [1.29, 1.82) is 0 Å². The minimum absolute atomic E-state index is 0.388. The van der Waals surface area contributed by atoms with E-state index in [9.17, 15) is 4.79 Å². The minimum Gasteiger partial charge on any atom is -0.378 e. The highest BCUT2D eigenvalue weighted by molar-refractivity contribution is 6.39. The molecule has 0 aromatic heterocycles. The smallest absolute Gasteiger partial charge is 0.323 e. The first-order valence-corrected chi connectivity index (χ1v) is 8.34. The molecule has 7 heteroatoms. The van der Waals surface area contributed by atoms with Crippen LogP contribution in [-0.4, -0.2) is 32.3 Å². The monoisotopic (exact) mass is 365 g/mol. The van der Waals surface area contributed by atoms with Crippen molar-refractivity contribution in [2.24, 2.45) is 0 Å². The van der Waals surface area contributed by atoms with E-state index in [1.165, 1.54) is 0 Å². The lowest BCUT2D eigenvalue weighted by Crippen LogP contribution is -2.37. The Morgan fingerprint density at radius 1 is 0.958 bits per heavy atom. The Labute approximate surface area is 150 Å². The van der Waals surface area contributed by atoms with E-state index in [1.807, 2.05) is 24.3 Å². The van der Waals surface area contributed by atoms with E-state index in [2.05, 4.69) is 15.5 Å². The van der Waals surface area contributed by atoms with Gasteiger partial charge in [-0.1, -0.05) is 41.4 Å². The molecule has 24 heavy (non-hydrogen) atoms. The van der Waals surface area contributed by atoms with Crippen molar-refractivity contribution in [2.45, 2.75) is 0 Å². The summed E-state index contributed by atoms with van der Waals surface area (Å²) >= 11 is 12.2. The van der Waals surface area contributed by atoms with Gasteiger partial charge in [0.1, 0.15) is 0 Å². The number of anilines is 3. The van der Waals surface area contributed by atoms with Crippen molar-refractivity contribution in [3.63, 3.8) is 0 Å². The number of nitrogens with one attached hydrogen (secondary N) is 2. The summed E-state index contributed by atoms with van der Waals surface area (Å²) < 4.78 is 5.38. The predicted molar refractivity (Wildman–Crippen MR) is 98.6 cm³/mol. The van der Waals surface area contributed by atoms with Crippen molar-refractivity contribution in [1.82, 2.24) is 0 Å². The number of ether oxygens (including phenoxy) is 1. The van der Waals surface area contributed by atoms with Crippen molar-refractivity contribution in [2.75, 3.05) is 41.8 Å². The zero-order valence-corrected chi connectivity index (χ0v) is 14.4. The molecular formula is C17H17Cl2N3O2. The van der Waals surface area contributed by atoms with E-state index in [-0.39, 0.29) is 0 Å². The summed E-state index contributed by atoms with van der Waals surface area (Å²) in [5.41, 5.74) is 2.07. The van der Waals surface area contributed by atoms with E-state index < -0.39 is 6.03 Å². The minimum atomic E-state index is -0.397. The van der Waals surface area contributed by atoms with E-state index in [4.69, 9.17) is 27.9 Å². The van der Waals surface area contributed by atoms with Gasteiger partial charge in [-0.3, -0.25) is 0 Å². The normalized spacial score (nSPS) is 14.3. The summed E-state index contributed by atoms with van der Waals surface area (Å²) in [5, 5.41) is 6.34. The van der Waals surface area contributed by atoms with Crippen LogP contribution in [0.1, 0.15) is 0 Å². The summed E-state index contributed by atoms with van der Waals surface area (Å²) in [5.74, 6) is 0. The molecule has 1 aliphatic heterocycles. The molecule has 2 aromatic rings. The second-order valence-electron chi connectivity index (χ2n) is 5.29. The number of hydrogen-bond donors (Lipinski definition) is 2. The van der Waals surface area contributed by atoms with Crippen LogP contribution in [-0.2, 0) is 4.74 Å². The third kappa shape index (κ3) is 3.93. The summed E-state index contributed by atoms with van der Waals surface area (Å²) in [6, 6.07) is 12.3. The number of carbonyl (C=O) groups excluding carboxylic acids is 1. The Kier molecular flexibility index (Phi) is 5.45. The van der Waals surface area contributed by atoms with Gasteiger partial charge in [-0.15, -0.1) is 0 Å². The number of benzene rings is 2. The standard InChI is InChI=1S/C17H17Cl2N3O2/c18-12-4-3-5-13(19)16(12)21-17(23)20-14-6-1-2-7-15(14)22-8-10-24-11-9-22/h1-7H,8-11H2,(H2,20,21,23). The molecule has 2 aromatic carbocycles. The molecule has 126 valence electrons. The number of para-hydroxylation sites is 3. The Bertz CT molecular complexity index is 713. The SMILES string of the molecule is O=C(Nc1ccccc1N1CCOCC1)Nc1c(Cl)cccc1Cl. The number of halogens is 2. The van der Waals surface area contributed by atoms with Gasteiger partial charge in [-0.05, 0) is 24.3 Å². The second-order valence-corrected chi connectivity index (χ2v) is 6.11. The highest BCUT2D eigenvalue weighted by Gasteiger charge is 2.16. The summed E-state index contributed by atoms with van der Waals surface area (Å²) in [6.07, 6.45) is 0. The zero-order chi connectivity index (χ0) is 16.9. The Balaban J connectivity index is 1.75. The van der Waals surface area contributed by atoms with Crippen LogP contribution in [0.3, 0.4) is 0 Å². The number of hydrogen-bond acceptors (Lipinski definition) is 3. The van der Waals surface area contributed by atoms with Gasteiger partial charge in [0.15, 0.2) is 0 Å². The van der Waals surface area contributed by atoms with Crippen LogP contribution in [0.2, 0.25) is 10.0 Å². The van der Waals surface area contributed by atoms with Crippen LogP contribution in [0.5, 0.6) is 0 Å². The van der Waals surface area contributed by atoms with E-state index in [0.717, 1.165) is 24.5 Å². The summed E-state index contributed by atoms with van der Waals surface area (Å²) in [7, 11) is 0. The quantitative estimate of drug-likeness (QED) is 0.843. The van der Waals surface area contributed by atoms with Crippen LogP contribution < -0.4 is 15.5 Å². The molecule has 0 radical (unpaired) electrons. The predicted octanol–water partition coefficient (Wildman–Crippen LogP) is 4.47.